The second-order valence-corrected chi connectivity index (χ2v) is 4.70. The van der Waals surface area contributed by atoms with Gasteiger partial charge in [-0.3, -0.25) is 4.79 Å². The van der Waals surface area contributed by atoms with Gasteiger partial charge in [-0.05, 0) is 42.8 Å². The molecule has 0 unspecified atom stereocenters. The van der Waals surface area contributed by atoms with Crippen LogP contribution in [0.15, 0.2) is 41.4 Å². The highest BCUT2D eigenvalue weighted by atomic mass is 16.4. The molecule has 7 nitrogen and oxygen atoms in total. The minimum absolute atomic E-state index is 0.214. The fraction of sp³-hybridized carbons (Fsp3) is 0.0625. The average Bonchev–Trinajstić information content (AvgIpc) is 2.51. The monoisotopic (exact) mass is 312 g/mol. The molecule has 0 saturated carbocycles. The van der Waals surface area contributed by atoms with Crippen molar-refractivity contribution >= 4 is 29.3 Å². The van der Waals surface area contributed by atoms with Gasteiger partial charge in [-0.15, -0.1) is 0 Å². The Bertz CT molecular complexity index is 838. The van der Waals surface area contributed by atoms with Crippen LogP contribution in [0.4, 0.5) is 11.4 Å². The molecule has 0 saturated heterocycles. The Hall–Kier alpha value is -3.44. The molecule has 0 fully saturated rings. The number of nitrogens with one attached hydrogen (secondary N) is 1. The largest absolute Gasteiger partial charge is 0.507 e. The molecule has 1 amide bonds. The number of carboxylic acids is 1. The van der Waals surface area contributed by atoms with E-state index in [1.165, 1.54) is 24.3 Å². The maximum Gasteiger partial charge on any atom is 0.339 e. The zero-order chi connectivity index (χ0) is 17.0. The zero-order valence-electron chi connectivity index (χ0n) is 12.0. The summed E-state index contributed by atoms with van der Waals surface area (Å²) >= 11 is 0. The molecule has 0 bridgehead atoms. The summed E-state index contributed by atoms with van der Waals surface area (Å²) in [6.07, 6.45) is 1.42. The zero-order valence-corrected chi connectivity index (χ0v) is 12.0. The molecule has 2 aromatic rings. The van der Waals surface area contributed by atoms with Crippen LogP contribution in [0.25, 0.3) is 0 Å². The number of aromatic hydroxyl groups is 1. The smallest absolute Gasteiger partial charge is 0.339 e. The molecule has 2 aromatic carbocycles. The molecule has 2 rings (SSSR count). The van der Waals surface area contributed by atoms with E-state index in [-0.39, 0.29) is 16.8 Å². The highest BCUT2D eigenvalue weighted by molar-refractivity contribution is 6.05. The molecule has 7 heteroatoms. The van der Waals surface area contributed by atoms with Crippen LogP contribution in [0.5, 0.6) is 5.75 Å². The number of anilines is 1. The van der Waals surface area contributed by atoms with Gasteiger partial charge in [0.15, 0.2) is 0 Å². The summed E-state index contributed by atoms with van der Waals surface area (Å²) in [5.74, 6) is -2.21. The number of aryl methyl sites for hydroxylation is 1. The molecule has 0 radical (unpaired) electrons. The van der Waals surface area contributed by atoms with Crippen molar-refractivity contribution in [2.24, 2.45) is 4.99 Å². The summed E-state index contributed by atoms with van der Waals surface area (Å²) < 4.78 is 0. The van der Waals surface area contributed by atoms with Crippen LogP contribution in [0, 0.1) is 6.92 Å². The van der Waals surface area contributed by atoms with Crippen LogP contribution in [-0.2, 0) is 4.79 Å². The van der Waals surface area contributed by atoms with E-state index < -0.39 is 17.6 Å². The molecule has 0 atom stereocenters. The van der Waals surface area contributed by atoms with E-state index in [9.17, 15) is 19.5 Å². The van der Waals surface area contributed by atoms with Crippen LogP contribution in [0.1, 0.15) is 26.3 Å². The van der Waals surface area contributed by atoms with Gasteiger partial charge in [-0.25, -0.2) is 9.59 Å². The molecule has 0 aliphatic rings. The van der Waals surface area contributed by atoms with Crippen LogP contribution in [-0.4, -0.2) is 28.2 Å². The fourth-order valence-electron chi connectivity index (χ4n) is 1.91. The number of hydrogen-bond acceptors (Lipinski definition) is 5. The first-order chi connectivity index (χ1) is 10.9. The summed E-state index contributed by atoms with van der Waals surface area (Å²) in [4.78, 5) is 37.0. The Morgan fingerprint density at radius 1 is 1.17 bits per heavy atom. The quantitative estimate of drug-likeness (QED) is 0.456. The third kappa shape index (κ3) is 3.61. The van der Waals surface area contributed by atoms with Crippen molar-refractivity contribution in [3.63, 3.8) is 0 Å². The Labute approximate surface area is 130 Å². The number of aliphatic imine (C=N–C) groups is 1. The maximum absolute atomic E-state index is 12.2. The second kappa shape index (κ2) is 6.55. The normalized spacial score (nSPS) is 9.78. The molecule has 0 aliphatic carbocycles. The molecule has 0 aliphatic heterocycles. The number of hydrogen-bond donors (Lipinski definition) is 3. The Kier molecular flexibility index (Phi) is 4.54. The number of rotatable bonds is 4. The van der Waals surface area contributed by atoms with E-state index >= 15 is 0 Å². The van der Waals surface area contributed by atoms with E-state index in [0.29, 0.717) is 11.3 Å². The van der Waals surface area contributed by atoms with E-state index in [0.717, 1.165) is 6.07 Å². The van der Waals surface area contributed by atoms with Gasteiger partial charge < -0.3 is 15.5 Å². The predicted octanol–water partition coefficient (Wildman–Crippen LogP) is 2.62. The first-order valence-electron chi connectivity index (χ1n) is 6.48. The average molecular weight is 312 g/mol. The first-order valence-corrected chi connectivity index (χ1v) is 6.48. The van der Waals surface area contributed by atoms with Crippen LogP contribution < -0.4 is 5.32 Å². The third-order valence-electron chi connectivity index (χ3n) is 3.12. The summed E-state index contributed by atoms with van der Waals surface area (Å²) in [6, 6.07) is 8.30. The lowest BCUT2D eigenvalue weighted by atomic mass is 10.1. The van der Waals surface area contributed by atoms with Gasteiger partial charge in [-0.2, -0.15) is 4.99 Å². The molecule has 3 N–H and O–H groups in total. The third-order valence-corrected chi connectivity index (χ3v) is 3.12. The minimum atomic E-state index is -1.31. The highest BCUT2D eigenvalue weighted by Crippen LogP contribution is 2.23. The number of nitrogens with zero attached hydrogens (tertiary/aromatic N) is 1. The summed E-state index contributed by atoms with van der Waals surface area (Å²) in [7, 11) is 0. The van der Waals surface area contributed by atoms with Gasteiger partial charge in [-0.1, -0.05) is 6.07 Å². The number of phenols is 1. The standard InChI is InChI=1S/C16H12N2O5/c1-9-2-3-10(6-13(9)17-8-19)15(21)18-11-4-5-14(20)12(7-11)16(22)23/h2-7,20H,1H3,(H,18,21)(H,22,23). The van der Waals surface area contributed by atoms with Gasteiger partial charge in [0, 0.05) is 11.3 Å². The molecule has 116 valence electrons. The lowest BCUT2D eigenvalue weighted by Gasteiger charge is -2.08. The van der Waals surface area contributed by atoms with Crippen LogP contribution in [0.2, 0.25) is 0 Å². The summed E-state index contributed by atoms with van der Waals surface area (Å²) in [5, 5.41) is 20.9. The summed E-state index contributed by atoms with van der Waals surface area (Å²) in [6.45, 7) is 1.73. The molecule has 0 aromatic heterocycles. The van der Waals surface area contributed by atoms with E-state index in [1.54, 1.807) is 19.1 Å². The van der Waals surface area contributed by atoms with Crippen molar-refractivity contribution in [3.8, 4) is 5.75 Å². The van der Waals surface area contributed by atoms with Crippen molar-refractivity contribution < 1.29 is 24.6 Å². The van der Waals surface area contributed by atoms with Gasteiger partial charge >= 0.3 is 5.97 Å². The Morgan fingerprint density at radius 3 is 2.57 bits per heavy atom. The van der Waals surface area contributed by atoms with Crippen molar-refractivity contribution in [2.45, 2.75) is 6.92 Å². The highest BCUT2D eigenvalue weighted by Gasteiger charge is 2.13. The number of aromatic carboxylic acids is 1. The van der Waals surface area contributed by atoms with E-state index in [1.807, 2.05) is 0 Å². The SMILES string of the molecule is Cc1ccc(C(=O)Nc2ccc(O)c(C(=O)O)c2)cc1N=C=O. The van der Waals surface area contributed by atoms with Crippen LogP contribution >= 0.6 is 0 Å². The second-order valence-electron chi connectivity index (χ2n) is 4.70. The number of carboxylic acid groups (broad SMARTS) is 1. The first kappa shape index (κ1) is 15.9. The van der Waals surface area contributed by atoms with Gasteiger partial charge in [0.1, 0.15) is 11.3 Å². The maximum atomic E-state index is 12.2. The predicted molar refractivity (Wildman–Crippen MR) is 82.0 cm³/mol. The molecule has 0 heterocycles. The fourth-order valence-corrected chi connectivity index (χ4v) is 1.91. The number of benzene rings is 2. The van der Waals surface area contributed by atoms with Crippen molar-refractivity contribution in [1.29, 1.82) is 0 Å². The Balaban J connectivity index is 2.29. The topological polar surface area (TPSA) is 116 Å². The van der Waals surface area contributed by atoms with Gasteiger partial charge in [0.25, 0.3) is 5.91 Å². The van der Waals surface area contributed by atoms with E-state index in [4.69, 9.17) is 5.11 Å². The van der Waals surface area contributed by atoms with Gasteiger partial charge in [0.05, 0.1) is 5.69 Å². The Morgan fingerprint density at radius 2 is 1.91 bits per heavy atom. The lowest BCUT2D eigenvalue weighted by molar-refractivity contribution is 0.0693. The van der Waals surface area contributed by atoms with E-state index in [2.05, 4.69) is 10.3 Å². The molecule has 23 heavy (non-hydrogen) atoms. The number of isocyanates is 1. The number of amides is 1. The number of carbonyl (C=O) groups excluding carboxylic acids is 2. The van der Waals surface area contributed by atoms with Gasteiger partial charge in [0.2, 0.25) is 6.08 Å². The van der Waals surface area contributed by atoms with Crippen molar-refractivity contribution in [2.75, 3.05) is 5.32 Å². The molecular weight excluding hydrogens is 300 g/mol. The number of carbonyl (C=O) groups is 2. The summed E-state index contributed by atoms with van der Waals surface area (Å²) in [5.41, 5.74) is 1.17. The van der Waals surface area contributed by atoms with Crippen LogP contribution in [0.3, 0.4) is 0 Å². The lowest BCUT2D eigenvalue weighted by Crippen LogP contribution is -2.12. The van der Waals surface area contributed by atoms with Crippen molar-refractivity contribution in [1.82, 2.24) is 0 Å². The molecular formula is C16H12N2O5. The minimum Gasteiger partial charge on any atom is -0.507 e. The van der Waals surface area contributed by atoms with Crippen molar-refractivity contribution in [3.05, 3.63) is 53.1 Å². The molecule has 0 spiro atoms.